The van der Waals surface area contributed by atoms with Crippen LogP contribution in [0.1, 0.15) is 42.4 Å². The minimum Gasteiger partial charge on any atom is -0.320 e. The highest BCUT2D eigenvalue weighted by Gasteiger charge is 2.23. The fourth-order valence-corrected chi connectivity index (χ4v) is 3.24. The van der Waals surface area contributed by atoms with Gasteiger partial charge < -0.3 is 5.32 Å². The summed E-state index contributed by atoms with van der Waals surface area (Å²) in [5, 5.41) is 7.08. The average molecular weight is 340 g/mol. The normalized spacial score (nSPS) is 13.9. The summed E-state index contributed by atoms with van der Waals surface area (Å²) >= 11 is 0. The number of aromatic nitrogens is 2. The van der Waals surface area contributed by atoms with Crippen LogP contribution in [0.25, 0.3) is 0 Å². The molecular weight excluding hydrogens is 316 g/mol. The third-order valence-electron chi connectivity index (χ3n) is 4.32. The highest BCUT2D eigenvalue weighted by Crippen LogP contribution is 2.30. The van der Waals surface area contributed by atoms with Crippen LogP contribution in [0, 0.1) is 5.92 Å². The van der Waals surface area contributed by atoms with E-state index < -0.39 is 0 Å². The van der Waals surface area contributed by atoms with Gasteiger partial charge in [-0.15, -0.1) is 0 Å². The summed E-state index contributed by atoms with van der Waals surface area (Å²) in [5.74, 6) is 0.310. The second-order valence-electron chi connectivity index (χ2n) is 6.83. The molecule has 2 aromatic rings. The SMILES string of the molecule is CCn1nc(C(=O)Nc2cccc3c2CN(CC(C)C)C3)ccc1=O. The Hall–Kier alpha value is -2.47. The number of benzene rings is 1. The highest BCUT2D eigenvalue weighted by molar-refractivity contribution is 6.03. The van der Waals surface area contributed by atoms with Gasteiger partial charge in [-0.2, -0.15) is 5.10 Å². The molecule has 0 bridgehead atoms. The van der Waals surface area contributed by atoms with Gasteiger partial charge in [-0.05, 0) is 36.1 Å². The number of anilines is 1. The van der Waals surface area contributed by atoms with Crippen molar-refractivity contribution in [3.8, 4) is 0 Å². The van der Waals surface area contributed by atoms with Crippen molar-refractivity contribution in [1.82, 2.24) is 14.7 Å². The molecule has 0 unspecified atom stereocenters. The van der Waals surface area contributed by atoms with E-state index in [0.29, 0.717) is 12.5 Å². The molecule has 6 nitrogen and oxygen atoms in total. The summed E-state index contributed by atoms with van der Waals surface area (Å²) in [6, 6.07) is 8.85. The number of rotatable bonds is 5. The molecule has 1 aromatic heterocycles. The Balaban J connectivity index is 1.80. The molecule has 0 saturated carbocycles. The number of hydrogen-bond acceptors (Lipinski definition) is 4. The Bertz CT molecular complexity index is 842. The number of amides is 1. The molecule has 1 aliphatic heterocycles. The Morgan fingerprint density at radius 3 is 2.76 bits per heavy atom. The number of nitrogens with one attached hydrogen (secondary N) is 1. The summed E-state index contributed by atoms with van der Waals surface area (Å²) in [6.07, 6.45) is 0. The lowest BCUT2D eigenvalue weighted by molar-refractivity contribution is 0.101. The number of hydrogen-bond donors (Lipinski definition) is 1. The van der Waals surface area contributed by atoms with Gasteiger partial charge in [0.15, 0.2) is 0 Å². The summed E-state index contributed by atoms with van der Waals surface area (Å²) < 4.78 is 1.29. The largest absolute Gasteiger partial charge is 0.320 e. The first kappa shape index (κ1) is 17.4. The van der Waals surface area contributed by atoms with E-state index in [1.165, 1.54) is 27.9 Å². The van der Waals surface area contributed by atoms with Gasteiger partial charge in [0.2, 0.25) is 0 Å². The standard InChI is InChI=1S/C19H24N4O2/c1-4-23-18(24)9-8-17(21-23)19(25)20-16-7-5-6-14-11-22(10-13(2)3)12-15(14)16/h5-9,13H,4,10-12H2,1-3H3,(H,20,25). The molecule has 1 N–H and O–H groups in total. The number of nitrogens with zero attached hydrogens (tertiary/aromatic N) is 3. The van der Waals surface area contributed by atoms with Crippen LogP contribution in [-0.2, 0) is 19.6 Å². The fourth-order valence-electron chi connectivity index (χ4n) is 3.24. The molecule has 1 aliphatic rings. The zero-order valence-electron chi connectivity index (χ0n) is 15.0. The Morgan fingerprint density at radius 2 is 2.04 bits per heavy atom. The van der Waals surface area contributed by atoms with Crippen molar-refractivity contribution in [2.24, 2.45) is 5.92 Å². The molecule has 0 aliphatic carbocycles. The predicted octanol–water partition coefficient (Wildman–Crippen LogP) is 2.49. The van der Waals surface area contributed by atoms with Gasteiger partial charge in [-0.1, -0.05) is 26.0 Å². The monoisotopic (exact) mass is 340 g/mol. The molecule has 0 atom stereocenters. The maximum absolute atomic E-state index is 12.6. The van der Waals surface area contributed by atoms with E-state index in [9.17, 15) is 9.59 Å². The molecule has 6 heteroatoms. The maximum Gasteiger partial charge on any atom is 0.276 e. The van der Waals surface area contributed by atoms with Crippen LogP contribution in [0.4, 0.5) is 5.69 Å². The molecule has 0 spiro atoms. The summed E-state index contributed by atoms with van der Waals surface area (Å²) in [5.41, 5.74) is 3.29. The number of carbonyl (C=O) groups excluding carboxylic acids is 1. The van der Waals surface area contributed by atoms with Gasteiger partial charge in [0, 0.05) is 37.9 Å². The molecule has 0 fully saturated rings. The van der Waals surface area contributed by atoms with E-state index in [-0.39, 0.29) is 17.2 Å². The van der Waals surface area contributed by atoms with Gasteiger partial charge in [0.25, 0.3) is 11.5 Å². The van der Waals surface area contributed by atoms with E-state index in [4.69, 9.17) is 0 Å². The maximum atomic E-state index is 12.6. The van der Waals surface area contributed by atoms with Crippen LogP contribution in [-0.4, -0.2) is 27.1 Å². The van der Waals surface area contributed by atoms with Crippen molar-refractivity contribution >= 4 is 11.6 Å². The fraction of sp³-hybridized carbons (Fsp3) is 0.421. The number of carbonyl (C=O) groups is 1. The first-order valence-corrected chi connectivity index (χ1v) is 8.70. The minimum absolute atomic E-state index is 0.205. The molecule has 132 valence electrons. The van der Waals surface area contributed by atoms with Crippen molar-refractivity contribution in [2.75, 3.05) is 11.9 Å². The molecule has 1 aromatic carbocycles. The third-order valence-corrected chi connectivity index (χ3v) is 4.32. The predicted molar refractivity (Wildman–Crippen MR) is 97.5 cm³/mol. The quantitative estimate of drug-likeness (QED) is 0.908. The van der Waals surface area contributed by atoms with Crippen LogP contribution in [0.15, 0.2) is 35.1 Å². The number of aryl methyl sites for hydroxylation is 1. The van der Waals surface area contributed by atoms with Crippen molar-refractivity contribution < 1.29 is 4.79 Å². The van der Waals surface area contributed by atoms with Gasteiger partial charge in [-0.3, -0.25) is 14.5 Å². The van der Waals surface area contributed by atoms with Gasteiger partial charge in [0.05, 0.1) is 0 Å². The van der Waals surface area contributed by atoms with Crippen molar-refractivity contribution in [1.29, 1.82) is 0 Å². The van der Waals surface area contributed by atoms with E-state index in [2.05, 4.69) is 35.2 Å². The zero-order chi connectivity index (χ0) is 18.0. The van der Waals surface area contributed by atoms with E-state index in [1.807, 2.05) is 19.1 Å². The second kappa shape index (κ2) is 7.19. The van der Waals surface area contributed by atoms with Crippen LogP contribution in [0.2, 0.25) is 0 Å². The summed E-state index contributed by atoms with van der Waals surface area (Å²) in [4.78, 5) is 26.6. The topological polar surface area (TPSA) is 67.2 Å². The molecule has 0 radical (unpaired) electrons. The average Bonchev–Trinajstić information content (AvgIpc) is 2.97. The molecule has 3 rings (SSSR count). The molecule has 0 saturated heterocycles. The Morgan fingerprint density at radius 1 is 1.24 bits per heavy atom. The smallest absolute Gasteiger partial charge is 0.276 e. The first-order chi connectivity index (χ1) is 12.0. The second-order valence-corrected chi connectivity index (χ2v) is 6.83. The minimum atomic E-state index is -0.294. The van der Waals surface area contributed by atoms with Crippen molar-refractivity contribution in [3.05, 3.63) is 57.5 Å². The third kappa shape index (κ3) is 3.79. The lowest BCUT2D eigenvalue weighted by Crippen LogP contribution is -2.25. The molecule has 25 heavy (non-hydrogen) atoms. The van der Waals surface area contributed by atoms with Crippen molar-refractivity contribution in [2.45, 2.75) is 40.4 Å². The van der Waals surface area contributed by atoms with E-state index in [0.717, 1.165) is 25.3 Å². The summed E-state index contributed by atoms with van der Waals surface area (Å²) in [6.45, 7) is 9.46. The molecule has 2 heterocycles. The zero-order valence-corrected chi connectivity index (χ0v) is 15.0. The Kier molecular flexibility index (Phi) is 4.99. The summed E-state index contributed by atoms with van der Waals surface area (Å²) in [7, 11) is 0. The lowest BCUT2D eigenvalue weighted by Gasteiger charge is -2.17. The van der Waals surface area contributed by atoms with Gasteiger partial charge in [-0.25, -0.2) is 4.68 Å². The van der Waals surface area contributed by atoms with Crippen LogP contribution >= 0.6 is 0 Å². The van der Waals surface area contributed by atoms with E-state index >= 15 is 0 Å². The van der Waals surface area contributed by atoms with Gasteiger partial charge >= 0.3 is 0 Å². The van der Waals surface area contributed by atoms with E-state index in [1.54, 1.807) is 0 Å². The van der Waals surface area contributed by atoms with Crippen LogP contribution < -0.4 is 10.9 Å². The number of fused-ring (bicyclic) bond motifs is 1. The van der Waals surface area contributed by atoms with Gasteiger partial charge in [0.1, 0.15) is 5.69 Å². The highest BCUT2D eigenvalue weighted by atomic mass is 16.2. The van der Waals surface area contributed by atoms with Crippen molar-refractivity contribution in [3.63, 3.8) is 0 Å². The lowest BCUT2D eigenvalue weighted by atomic mass is 10.1. The van der Waals surface area contributed by atoms with Crippen LogP contribution in [0.3, 0.4) is 0 Å². The van der Waals surface area contributed by atoms with Crippen LogP contribution in [0.5, 0.6) is 0 Å². The molecule has 1 amide bonds. The first-order valence-electron chi connectivity index (χ1n) is 8.70. The molecular formula is C19H24N4O2. The Labute approximate surface area is 147 Å².